The Labute approximate surface area is 84.5 Å². The van der Waals surface area contributed by atoms with Gasteiger partial charge in [0.25, 0.3) is 5.69 Å². The maximum atomic E-state index is 10.4. The normalized spacial score (nSPS) is 9.62. The molecule has 0 aliphatic carbocycles. The number of thiocarbonyl (C=S) groups is 1. The highest BCUT2D eigenvalue weighted by Gasteiger charge is 2.12. The van der Waals surface area contributed by atoms with Crippen LogP contribution in [0.15, 0.2) is 18.2 Å². The predicted molar refractivity (Wildman–Crippen MR) is 54.0 cm³/mol. The number of nitro groups is 1. The van der Waals surface area contributed by atoms with Gasteiger partial charge in [0, 0.05) is 11.6 Å². The second-order valence-corrected chi connectivity index (χ2v) is 3.13. The average Bonchev–Trinajstić information content (AvgIpc) is 2.03. The monoisotopic (exact) mass is 216 g/mol. The van der Waals surface area contributed by atoms with E-state index in [0.29, 0.717) is 5.56 Å². The molecule has 2 N–H and O–H groups in total. The van der Waals surface area contributed by atoms with E-state index in [0.717, 1.165) is 0 Å². The van der Waals surface area contributed by atoms with E-state index in [1.54, 1.807) is 0 Å². The number of nitro benzene ring substituents is 1. The molecule has 13 heavy (non-hydrogen) atoms. The van der Waals surface area contributed by atoms with Crippen LogP contribution in [0.3, 0.4) is 0 Å². The van der Waals surface area contributed by atoms with Gasteiger partial charge in [0.15, 0.2) is 0 Å². The van der Waals surface area contributed by atoms with Crippen molar-refractivity contribution in [1.29, 1.82) is 0 Å². The molecule has 0 spiro atoms. The van der Waals surface area contributed by atoms with Gasteiger partial charge in [0.05, 0.1) is 4.92 Å². The first-order valence-corrected chi connectivity index (χ1v) is 4.04. The van der Waals surface area contributed by atoms with E-state index >= 15 is 0 Å². The summed E-state index contributed by atoms with van der Waals surface area (Å²) in [6, 6.07) is 4.12. The average molecular weight is 217 g/mol. The number of nitrogens with zero attached hydrogens (tertiary/aromatic N) is 1. The maximum absolute atomic E-state index is 10.4. The number of rotatable bonds is 2. The van der Waals surface area contributed by atoms with E-state index in [9.17, 15) is 10.1 Å². The smallest absolute Gasteiger partial charge is 0.287 e. The Hall–Kier alpha value is -1.20. The SMILES string of the molecule is NC(=S)c1ccc([N+](=O)[O-])c(Cl)c1. The standard InChI is InChI=1S/C7H5ClN2O2S/c8-5-3-4(7(9)13)1-2-6(5)10(11)12/h1-3H,(H2,9,13). The Morgan fingerprint density at radius 2 is 2.23 bits per heavy atom. The van der Waals surface area contributed by atoms with E-state index in [4.69, 9.17) is 17.3 Å². The van der Waals surface area contributed by atoms with Crippen LogP contribution < -0.4 is 5.73 Å². The van der Waals surface area contributed by atoms with Crippen LogP contribution in [0.1, 0.15) is 5.56 Å². The van der Waals surface area contributed by atoms with Crippen LogP contribution >= 0.6 is 23.8 Å². The second-order valence-electron chi connectivity index (χ2n) is 2.29. The molecular weight excluding hydrogens is 212 g/mol. The molecule has 0 heterocycles. The van der Waals surface area contributed by atoms with Gasteiger partial charge in [0.1, 0.15) is 10.0 Å². The summed E-state index contributed by atoms with van der Waals surface area (Å²) in [5.74, 6) is 0. The van der Waals surface area contributed by atoms with Crippen molar-refractivity contribution in [3.8, 4) is 0 Å². The molecule has 0 radical (unpaired) electrons. The molecule has 68 valence electrons. The minimum Gasteiger partial charge on any atom is -0.389 e. The fraction of sp³-hybridized carbons (Fsp3) is 0. The highest BCUT2D eigenvalue weighted by Crippen LogP contribution is 2.24. The number of halogens is 1. The molecule has 0 saturated heterocycles. The largest absolute Gasteiger partial charge is 0.389 e. The van der Waals surface area contributed by atoms with Gasteiger partial charge in [0.2, 0.25) is 0 Å². The number of hydrogen-bond acceptors (Lipinski definition) is 3. The van der Waals surface area contributed by atoms with Crippen molar-refractivity contribution in [3.63, 3.8) is 0 Å². The van der Waals surface area contributed by atoms with Crippen molar-refractivity contribution in [3.05, 3.63) is 38.9 Å². The highest BCUT2D eigenvalue weighted by molar-refractivity contribution is 7.80. The molecular formula is C7H5ClN2O2S. The lowest BCUT2D eigenvalue weighted by Gasteiger charge is -1.98. The molecule has 0 aliphatic rings. The molecule has 0 atom stereocenters. The summed E-state index contributed by atoms with van der Waals surface area (Å²) in [5, 5.41) is 10.4. The molecule has 0 aromatic heterocycles. The summed E-state index contributed by atoms with van der Waals surface area (Å²) in [4.78, 5) is 9.96. The third-order valence-corrected chi connectivity index (χ3v) is 1.97. The number of hydrogen-bond donors (Lipinski definition) is 1. The summed E-state index contributed by atoms with van der Waals surface area (Å²) < 4.78 is 0. The van der Waals surface area contributed by atoms with Crippen LogP contribution in [0.2, 0.25) is 5.02 Å². The molecule has 0 saturated carbocycles. The first kappa shape index (κ1) is 9.88. The minimum absolute atomic E-state index is 0.0373. The summed E-state index contributed by atoms with van der Waals surface area (Å²) in [5.41, 5.74) is 5.68. The zero-order valence-electron chi connectivity index (χ0n) is 6.36. The summed E-state index contributed by atoms with van der Waals surface area (Å²) in [6.07, 6.45) is 0. The zero-order valence-corrected chi connectivity index (χ0v) is 7.93. The highest BCUT2D eigenvalue weighted by atomic mass is 35.5. The molecule has 1 aromatic carbocycles. The lowest BCUT2D eigenvalue weighted by Crippen LogP contribution is -2.09. The molecule has 4 nitrogen and oxygen atoms in total. The van der Waals surface area contributed by atoms with Crippen LogP contribution in [-0.4, -0.2) is 9.91 Å². The first-order chi connectivity index (χ1) is 6.02. The lowest BCUT2D eigenvalue weighted by molar-refractivity contribution is -0.384. The Morgan fingerprint density at radius 1 is 1.62 bits per heavy atom. The molecule has 6 heteroatoms. The van der Waals surface area contributed by atoms with E-state index in [-0.39, 0.29) is 15.7 Å². The van der Waals surface area contributed by atoms with E-state index < -0.39 is 4.92 Å². The van der Waals surface area contributed by atoms with Crippen LogP contribution in [0, 0.1) is 10.1 Å². The fourth-order valence-corrected chi connectivity index (χ4v) is 1.18. The van der Waals surface area contributed by atoms with Gasteiger partial charge >= 0.3 is 0 Å². The van der Waals surface area contributed by atoms with Crippen molar-refractivity contribution in [2.24, 2.45) is 5.73 Å². The van der Waals surface area contributed by atoms with Gasteiger partial charge in [-0.3, -0.25) is 10.1 Å². The quantitative estimate of drug-likeness (QED) is 0.466. The third kappa shape index (κ3) is 2.13. The summed E-state index contributed by atoms with van der Waals surface area (Å²) in [6.45, 7) is 0. The van der Waals surface area contributed by atoms with E-state index in [1.165, 1.54) is 18.2 Å². The lowest BCUT2D eigenvalue weighted by atomic mass is 10.2. The zero-order chi connectivity index (χ0) is 10.0. The minimum atomic E-state index is -0.564. The Bertz CT molecular complexity index is 381. The van der Waals surface area contributed by atoms with Crippen molar-refractivity contribution in [1.82, 2.24) is 0 Å². The second kappa shape index (κ2) is 3.68. The summed E-state index contributed by atoms with van der Waals surface area (Å²) in [7, 11) is 0. The van der Waals surface area contributed by atoms with Crippen LogP contribution in [0.4, 0.5) is 5.69 Å². The third-order valence-electron chi connectivity index (χ3n) is 1.43. The van der Waals surface area contributed by atoms with Gasteiger partial charge < -0.3 is 5.73 Å². The van der Waals surface area contributed by atoms with Gasteiger partial charge in [-0.1, -0.05) is 23.8 Å². The van der Waals surface area contributed by atoms with Crippen LogP contribution in [0.5, 0.6) is 0 Å². The van der Waals surface area contributed by atoms with Gasteiger partial charge in [-0.2, -0.15) is 0 Å². The molecule has 1 rings (SSSR count). The molecule has 0 unspecified atom stereocenters. The van der Waals surface area contributed by atoms with E-state index in [1.807, 2.05) is 0 Å². The fourth-order valence-electron chi connectivity index (χ4n) is 0.808. The number of benzene rings is 1. The van der Waals surface area contributed by atoms with Gasteiger partial charge in [-0.25, -0.2) is 0 Å². The van der Waals surface area contributed by atoms with Crippen molar-refractivity contribution < 1.29 is 4.92 Å². The van der Waals surface area contributed by atoms with Gasteiger partial charge in [-0.15, -0.1) is 0 Å². The Kier molecular flexibility index (Phi) is 2.79. The van der Waals surface area contributed by atoms with Crippen molar-refractivity contribution >= 4 is 34.5 Å². The van der Waals surface area contributed by atoms with E-state index in [2.05, 4.69) is 12.2 Å². The molecule has 1 aromatic rings. The summed E-state index contributed by atoms with van der Waals surface area (Å²) >= 11 is 10.3. The van der Waals surface area contributed by atoms with Crippen molar-refractivity contribution in [2.45, 2.75) is 0 Å². The van der Waals surface area contributed by atoms with Crippen LogP contribution in [-0.2, 0) is 0 Å². The number of nitrogens with two attached hydrogens (primary N) is 1. The van der Waals surface area contributed by atoms with Gasteiger partial charge in [-0.05, 0) is 12.1 Å². The Morgan fingerprint density at radius 3 is 2.62 bits per heavy atom. The molecule has 0 fully saturated rings. The molecule has 0 amide bonds. The topological polar surface area (TPSA) is 69.2 Å². The van der Waals surface area contributed by atoms with Crippen molar-refractivity contribution in [2.75, 3.05) is 0 Å². The first-order valence-electron chi connectivity index (χ1n) is 3.26. The maximum Gasteiger partial charge on any atom is 0.287 e. The molecule has 0 bridgehead atoms. The Balaban J connectivity index is 3.20. The predicted octanol–water partition coefficient (Wildman–Crippen LogP) is 1.88. The van der Waals surface area contributed by atoms with Crippen LogP contribution in [0.25, 0.3) is 0 Å². The molecule has 0 aliphatic heterocycles.